The molecule has 1 unspecified atom stereocenters. The summed E-state index contributed by atoms with van der Waals surface area (Å²) in [7, 11) is 0. The lowest BCUT2D eigenvalue weighted by atomic mass is 10.0. The van der Waals surface area contributed by atoms with Crippen molar-refractivity contribution in [1.82, 2.24) is 15.8 Å². The number of aliphatic imine (C=N–C) groups is 1. The summed E-state index contributed by atoms with van der Waals surface area (Å²) in [6.45, 7) is 8.28. The predicted molar refractivity (Wildman–Crippen MR) is 91.1 cm³/mol. The summed E-state index contributed by atoms with van der Waals surface area (Å²) in [5, 5.41) is 5.57. The van der Waals surface area contributed by atoms with E-state index in [9.17, 15) is 0 Å². The van der Waals surface area contributed by atoms with Gasteiger partial charge in [-0.3, -0.25) is 10.4 Å². The zero-order valence-electron chi connectivity index (χ0n) is 13.6. The highest BCUT2D eigenvalue weighted by atomic mass is 15.5. The van der Waals surface area contributed by atoms with Gasteiger partial charge in [-0.2, -0.15) is 0 Å². The Balaban J connectivity index is 2.06. The van der Waals surface area contributed by atoms with E-state index in [1.807, 2.05) is 6.07 Å². The van der Waals surface area contributed by atoms with E-state index in [1.54, 1.807) is 0 Å². The molecule has 1 aromatic rings. The Labute approximate surface area is 132 Å². The van der Waals surface area contributed by atoms with Crippen molar-refractivity contribution >= 4 is 5.71 Å². The van der Waals surface area contributed by atoms with Crippen LogP contribution in [0.4, 0.5) is 0 Å². The van der Waals surface area contributed by atoms with Gasteiger partial charge in [0.05, 0.1) is 18.0 Å². The van der Waals surface area contributed by atoms with Crippen LogP contribution in [-0.4, -0.2) is 23.8 Å². The van der Waals surface area contributed by atoms with Crippen LogP contribution in [0.1, 0.15) is 32.8 Å². The molecule has 0 bridgehead atoms. The lowest BCUT2D eigenvalue weighted by molar-refractivity contribution is 0.304. The molecule has 0 fully saturated rings. The van der Waals surface area contributed by atoms with Crippen LogP contribution in [0.2, 0.25) is 0 Å². The molecular weight excluding hydrogens is 272 g/mol. The third-order valence-corrected chi connectivity index (χ3v) is 4.33. The summed E-state index contributed by atoms with van der Waals surface area (Å²) in [5.41, 5.74) is 9.25. The van der Waals surface area contributed by atoms with E-state index in [4.69, 9.17) is 4.99 Å². The predicted octanol–water partition coefficient (Wildman–Crippen LogP) is 3.02. The molecule has 0 saturated carbocycles. The Bertz CT molecular complexity index is 628. The second-order valence-electron chi connectivity index (χ2n) is 5.76. The molecule has 116 valence electrons. The zero-order valence-corrected chi connectivity index (χ0v) is 13.6. The third kappa shape index (κ3) is 2.61. The molecule has 22 heavy (non-hydrogen) atoms. The molecular formula is C18H24N4. The van der Waals surface area contributed by atoms with Crippen LogP contribution in [0.3, 0.4) is 0 Å². The molecule has 0 amide bonds. The first-order valence-electron chi connectivity index (χ1n) is 8.09. The molecule has 0 saturated heterocycles. The van der Waals surface area contributed by atoms with Gasteiger partial charge in [0.15, 0.2) is 0 Å². The third-order valence-electron chi connectivity index (χ3n) is 4.33. The van der Waals surface area contributed by atoms with E-state index < -0.39 is 0 Å². The van der Waals surface area contributed by atoms with Crippen molar-refractivity contribution < 1.29 is 0 Å². The molecule has 2 N–H and O–H groups in total. The van der Waals surface area contributed by atoms with Gasteiger partial charge in [-0.15, -0.1) is 0 Å². The number of hydrogen-bond donors (Lipinski definition) is 2. The van der Waals surface area contributed by atoms with Crippen LogP contribution >= 0.6 is 0 Å². The minimum atomic E-state index is 0.467. The highest BCUT2D eigenvalue weighted by Gasteiger charge is 2.29. The summed E-state index contributed by atoms with van der Waals surface area (Å²) >= 11 is 0. The van der Waals surface area contributed by atoms with Crippen LogP contribution in [-0.2, 0) is 0 Å². The van der Waals surface area contributed by atoms with Crippen LogP contribution in [0.25, 0.3) is 0 Å². The molecule has 2 aliphatic heterocycles. The Hall–Kier alpha value is -2.23. The van der Waals surface area contributed by atoms with Crippen LogP contribution in [0, 0.1) is 5.92 Å². The van der Waals surface area contributed by atoms with E-state index in [0.29, 0.717) is 5.92 Å². The molecule has 4 nitrogen and oxygen atoms in total. The van der Waals surface area contributed by atoms with E-state index >= 15 is 0 Å². The number of hydrazine groups is 1. The fraction of sp³-hybridized carbons (Fsp3) is 0.389. The number of nitrogens with zero attached hydrogens (tertiary/aromatic N) is 2. The average molecular weight is 296 g/mol. The second kappa shape index (κ2) is 6.26. The number of benzene rings is 1. The van der Waals surface area contributed by atoms with Crippen molar-refractivity contribution in [2.45, 2.75) is 27.2 Å². The average Bonchev–Trinajstić information content (AvgIpc) is 2.77. The number of nitrogens with one attached hydrogen (secondary N) is 2. The SMILES string of the molecule is CCC(C)C1=C2N=C(c3ccccc3)CNC=C2N(CC)N1. The number of allylic oxidation sites excluding steroid dienone is 1. The normalized spacial score (nSPS) is 18.8. The minimum absolute atomic E-state index is 0.467. The highest BCUT2D eigenvalue weighted by molar-refractivity contribution is 6.03. The maximum Gasteiger partial charge on any atom is 0.111 e. The van der Waals surface area contributed by atoms with Crippen LogP contribution < -0.4 is 10.7 Å². The number of fused-ring (bicyclic) bond motifs is 1. The summed E-state index contributed by atoms with van der Waals surface area (Å²) < 4.78 is 0. The quantitative estimate of drug-likeness (QED) is 0.897. The van der Waals surface area contributed by atoms with Crippen molar-refractivity contribution in [3.05, 3.63) is 59.2 Å². The van der Waals surface area contributed by atoms with Gasteiger partial charge in [0.2, 0.25) is 0 Å². The van der Waals surface area contributed by atoms with E-state index in [1.165, 1.54) is 11.3 Å². The van der Waals surface area contributed by atoms with Crippen LogP contribution in [0.15, 0.2) is 58.6 Å². The van der Waals surface area contributed by atoms with Gasteiger partial charge in [0.1, 0.15) is 11.4 Å². The summed E-state index contributed by atoms with van der Waals surface area (Å²) in [4.78, 5) is 5.02. The lowest BCUT2D eigenvalue weighted by Crippen LogP contribution is -2.32. The summed E-state index contributed by atoms with van der Waals surface area (Å²) in [6.07, 6.45) is 3.18. The Morgan fingerprint density at radius 3 is 2.68 bits per heavy atom. The Kier molecular flexibility index (Phi) is 4.18. The van der Waals surface area contributed by atoms with E-state index in [2.05, 4.69) is 67.0 Å². The first-order valence-corrected chi connectivity index (χ1v) is 8.09. The molecule has 2 heterocycles. The molecule has 2 aliphatic rings. The van der Waals surface area contributed by atoms with Gasteiger partial charge in [0, 0.05) is 12.7 Å². The number of likely N-dealkylation sites (N-methyl/N-ethyl adjacent to an activating group) is 1. The fourth-order valence-corrected chi connectivity index (χ4v) is 2.80. The van der Waals surface area contributed by atoms with E-state index in [-0.39, 0.29) is 0 Å². The fourth-order valence-electron chi connectivity index (χ4n) is 2.80. The van der Waals surface area contributed by atoms with Gasteiger partial charge in [-0.25, -0.2) is 4.99 Å². The van der Waals surface area contributed by atoms with Gasteiger partial charge >= 0.3 is 0 Å². The van der Waals surface area contributed by atoms with Gasteiger partial charge in [0.25, 0.3) is 0 Å². The van der Waals surface area contributed by atoms with Gasteiger partial charge < -0.3 is 5.32 Å². The van der Waals surface area contributed by atoms with Crippen molar-refractivity contribution in [2.24, 2.45) is 10.9 Å². The smallest absolute Gasteiger partial charge is 0.111 e. The van der Waals surface area contributed by atoms with Crippen molar-refractivity contribution in [3.8, 4) is 0 Å². The molecule has 0 spiro atoms. The zero-order chi connectivity index (χ0) is 15.5. The second-order valence-corrected chi connectivity index (χ2v) is 5.76. The van der Waals surface area contributed by atoms with Gasteiger partial charge in [-0.1, -0.05) is 44.2 Å². The first kappa shape index (κ1) is 14.7. The molecule has 0 aromatic heterocycles. The number of rotatable bonds is 4. The lowest BCUT2D eigenvalue weighted by Gasteiger charge is -2.20. The highest BCUT2D eigenvalue weighted by Crippen LogP contribution is 2.31. The van der Waals surface area contributed by atoms with E-state index in [0.717, 1.165) is 36.6 Å². The molecule has 4 heteroatoms. The molecule has 1 aromatic carbocycles. The Morgan fingerprint density at radius 1 is 1.23 bits per heavy atom. The minimum Gasteiger partial charge on any atom is -0.383 e. The summed E-state index contributed by atoms with van der Waals surface area (Å²) in [5.74, 6) is 0.467. The van der Waals surface area contributed by atoms with Crippen molar-refractivity contribution in [2.75, 3.05) is 13.1 Å². The van der Waals surface area contributed by atoms with Crippen LogP contribution in [0.5, 0.6) is 0 Å². The van der Waals surface area contributed by atoms with Crippen molar-refractivity contribution in [1.29, 1.82) is 0 Å². The number of hydrogen-bond acceptors (Lipinski definition) is 4. The summed E-state index contributed by atoms with van der Waals surface area (Å²) in [6, 6.07) is 10.4. The maximum absolute atomic E-state index is 5.02. The first-order chi connectivity index (χ1) is 10.7. The van der Waals surface area contributed by atoms with Gasteiger partial charge in [-0.05, 0) is 24.8 Å². The topological polar surface area (TPSA) is 39.7 Å². The Morgan fingerprint density at radius 2 is 2.00 bits per heavy atom. The maximum atomic E-state index is 5.02. The molecule has 1 atom stereocenters. The molecule has 0 radical (unpaired) electrons. The molecule has 3 rings (SSSR count). The largest absolute Gasteiger partial charge is 0.383 e. The molecule has 0 aliphatic carbocycles. The monoisotopic (exact) mass is 296 g/mol. The van der Waals surface area contributed by atoms with Crippen molar-refractivity contribution in [3.63, 3.8) is 0 Å². The standard InChI is InChI=1S/C18H24N4/c1-4-13(3)17-18-16(22(5-2)21-17)12-19-11-15(20-18)14-9-7-6-8-10-14/h6-10,12-13,19,21H,4-5,11H2,1-3H3.